The zero-order valence-corrected chi connectivity index (χ0v) is 11.7. The Hall–Kier alpha value is -0.370. The lowest BCUT2D eigenvalue weighted by molar-refractivity contribution is -0.149. The molecule has 1 fully saturated rings. The van der Waals surface area contributed by atoms with E-state index in [1.54, 1.807) is 7.11 Å². The Balaban J connectivity index is 2.28. The number of methoxy groups -OCH3 is 1. The van der Waals surface area contributed by atoms with Crippen LogP contribution in [-0.2, 0) is 4.74 Å². The summed E-state index contributed by atoms with van der Waals surface area (Å²) in [7, 11) is 1.66. The second-order valence-electron chi connectivity index (χ2n) is 4.90. The maximum atomic E-state index is 12.3. The SMILES string of the molecule is CCNC(COC)CN1CCN(CC(F)(F)F)CC1. The Morgan fingerprint density at radius 1 is 1.16 bits per heavy atom. The Labute approximate surface area is 112 Å². The molecule has 0 saturated carbocycles. The van der Waals surface area contributed by atoms with Gasteiger partial charge < -0.3 is 10.1 Å². The Morgan fingerprint density at radius 3 is 2.21 bits per heavy atom. The minimum atomic E-state index is -4.09. The third-order valence-corrected chi connectivity index (χ3v) is 3.21. The van der Waals surface area contributed by atoms with E-state index in [4.69, 9.17) is 4.74 Å². The molecule has 1 atom stereocenters. The number of hydrogen-bond donors (Lipinski definition) is 1. The molecule has 0 amide bonds. The molecule has 4 nitrogen and oxygen atoms in total. The highest BCUT2D eigenvalue weighted by atomic mass is 19.4. The molecule has 1 aliphatic rings. The van der Waals surface area contributed by atoms with Crippen LogP contribution in [0, 0.1) is 0 Å². The van der Waals surface area contributed by atoms with Crippen LogP contribution in [0.1, 0.15) is 6.92 Å². The lowest BCUT2D eigenvalue weighted by Gasteiger charge is -2.36. The second kappa shape index (κ2) is 8.04. The summed E-state index contributed by atoms with van der Waals surface area (Å²) in [6.45, 7) is 5.86. The fourth-order valence-corrected chi connectivity index (χ4v) is 2.36. The van der Waals surface area contributed by atoms with Crippen molar-refractivity contribution < 1.29 is 17.9 Å². The van der Waals surface area contributed by atoms with E-state index >= 15 is 0 Å². The predicted molar refractivity (Wildman–Crippen MR) is 68.3 cm³/mol. The van der Waals surface area contributed by atoms with Crippen molar-refractivity contribution in [1.82, 2.24) is 15.1 Å². The van der Waals surface area contributed by atoms with Crippen molar-refractivity contribution in [3.8, 4) is 0 Å². The van der Waals surface area contributed by atoms with Gasteiger partial charge in [-0.15, -0.1) is 0 Å². The highest BCUT2D eigenvalue weighted by molar-refractivity contribution is 4.78. The first-order valence-electron chi connectivity index (χ1n) is 6.68. The van der Waals surface area contributed by atoms with Gasteiger partial charge in [-0.25, -0.2) is 0 Å². The van der Waals surface area contributed by atoms with Crippen LogP contribution in [0.2, 0.25) is 0 Å². The molecular weight excluding hydrogens is 259 g/mol. The van der Waals surface area contributed by atoms with Gasteiger partial charge in [0.1, 0.15) is 0 Å². The van der Waals surface area contributed by atoms with Gasteiger partial charge in [0.05, 0.1) is 13.2 Å². The van der Waals surface area contributed by atoms with Crippen molar-refractivity contribution in [3.63, 3.8) is 0 Å². The van der Waals surface area contributed by atoms with Crippen LogP contribution in [-0.4, -0.2) is 81.5 Å². The Bertz CT molecular complexity index is 237. The van der Waals surface area contributed by atoms with Gasteiger partial charge in [0.2, 0.25) is 0 Å². The molecule has 19 heavy (non-hydrogen) atoms. The lowest BCUT2D eigenvalue weighted by Crippen LogP contribution is -2.53. The van der Waals surface area contributed by atoms with Crippen LogP contribution in [0.15, 0.2) is 0 Å². The summed E-state index contributed by atoms with van der Waals surface area (Å²) >= 11 is 0. The number of rotatable bonds is 7. The quantitative estimate of drug-likeness (QED) is 0.748. The van der Waals surface area contributed by atoms with Gasteiger partial charge in [-0.3, -0.25) is 9.80 Å². The summed E-state index contributed by atoms with van der Waals surface area (Å²) in [4.78, 5) is 3.66. The number of hydrogen-bond acceptors (Lipinski definition) is 4. The first-order chi connectivity index (χ1) is 8.94. The number of likely N-dealkylation sites (N-methyl/N-ethyl adjacent to an activating group) is 1. The summed E-state index contributed by atoms with van der Waals surface area (Å²) in [5.41, 5.74) is 0. The van der Waals surface area contributed by atoms with E-state index in [0.29, 0.717) is 32.8 Å². The van der Waals surface area contributed by atoms with Crippen molar-refractivity contribution in [3.05, 3.63) is 0 Å². The molecular formula is C12H24F3N3O. The third kappa shape index (κ3) is 7.10. The fraction of sp³-hybridized carbons (Fsp3) is 1.00. The first-order valence-corrected chi connectivity index (χ1v) is 6.68. The third-order valence-electron chi connectivity index (χ3n) is 3.21. The van der Waals surface area contributed by atoms with Gasteiger partial charge in [0.15, 0.2) is 0 Å². The van der Waals surface area contributed by atoms with Crippen molar-refractivity contribution in [2.75, 3.05) is 59.5 Å². The predicted octanol–water partition coefficient (Wildman–Crippen LogP) is 0.791. The van der Waals surface area contributed by atoms with Crippen LogP contribution < -0.4 is 5.32 Å². The summed E-state index contributed by atoms with van der Waals surface area (Å²) in [6, 6.07) is 0.240. The monoisotopic (exact) mass is 283 g/mol. The maximum absolute atomic E-state index is 12.3. The number of halogens is 3. The number of piperazine rings is 1. The molecule has 1 saturated heterocycles. The summed E-state index contributed by atoms with van der Waals surface area (Å²) < 4.78 is 41.9. The van der Waals surface area contributed by atoms with E-state index in [2.05, 4.69) is 10.2 Å². The van der Waals surface area contributed by atoms with E-state index in [1.165, 1.54) is 4.90 Å². The largest absolute Gasteiger partial charge is 0.401 e. The molecule has 0 aromatic carbocycles. The average Bonchev–Trinajstić information content (AvgIpc) is 2.30. The van der Waals surface area contributed by atoms with Gasteiger partial charge in [-0.1, -0.05) is 6.92 Å². The highest BCUT2D eigenvalue weighted by Gasteiger charge is 2.32. The van der Waals surface area contributed by atoms with E-state index < -0.39 is 12.7 Å². The average molecular weight is 283 g/mol. The maximum Gasteiger partial charge on any atom is 0.401 e. The van der Waals surface area contributed by atoms with Gasteiger partial charge in [-0.05, 0) is 6.54 Å². The number of alkyl halides is 3. The van der Waals surface area contributed by atoms with Gasteiger partial charge in [0, 0.05) is 45.9 Å². The fourth-order valence-electron chi connectivity index (χ4n) is 2.36. The summed E-state index contributed by atoms with van der Waals surface area (Å²) in [5, 5.41) is 3.32. The minimum Gasteiger partial charge on any atom is -0.383 e. The number of nitrogens with zero attached hydrogens (tertiary/aromatic N) is 2. The smallest absolute Gasteiger partial charge is 0.383 e. The van der Waals surface area contributed by atoms with Crippen molar-refractivity contribution in [2.45, 2.75) is 19.1 Å². The zero-order valence-electron chi connectivity index (χ0n) is 11.7. The minimum absolute atomic E-state index is 0.240. The topological polar surface area (TPSA) is 27.7 Å². The summed E-state index contributed by atoms with van der Waals surface area (Å²) in [5.74, 6) is 0. The molecule has 0 spiro atoms. The van der Waals surface area contributed by atoms with Crippen LogP contribution in [0.25, 0.3) is 0 Å². The van der Waals surface area contributed by atoms with Crippen LogP contribution in [0.5, 0.6) is 0 Å². The molecule has 114 valence electrons. The Kier molecular flexibility index (Phi) is 7.06. The molecule has 7 heteroatoms. The first kappa shape index (κ1) is 16.7. The summed E-state index contributed by atoms with van der Waals surface area (Å²) in [6.07, 6.45) is -4.09. The molecule has 1 N–H and O–H groups in total. The number of nitrogens with one attached hydrogen (secondary N) is 1. The van der Waals surface area contributed by atoms with Crippen molar-refractivity contribution >= 4 is 0 Å². The molecule has 0 bridgehead atoms. The van der Waals surface area contributed by atoms with E-state index in [9.17, 15) is 13.2 Å². The van der Waals surface area contributed by atoms with Gasteiger partial charge >= 0.3 is 6.18 Å². The Morgan fingerprint density at radius 2 is 1.74 bits per heavy atom. The molecule has 0 aromatic rings. The highest BCUT2D eigenvalue weighted by Crippen LogP contribution is 2.17. The van der Waals surface area contributed by atoms with Crippen LogP contribution in [0.3, 0.4) is 0 Å². The molecule has 1 heterocycles. The molecule has 1 unspecified atom stereocenters. The van der Waals surface area contributed by atoms with Crippen molar-refractivity contribution in [1.29, 1.82) is 0 Å². The molecule has 1 aliphatic heterocycles. The van der Waals surface area contributed by atoms with E-state index in [0.717, 1.165) is 13.1 Å². The van der Waals surface area contributed by atoms with Crippen molar-refractivity contribution in [2.24, 2.45) is 0 Å². The molecule has 0 radical (unpaired) electrons. The second-order valence-corrected chi connectivity index (χ2v) is 4.90. The van der Waals surface area contributed by atoms with Crippen LogP contribution >= 0.6 is 0 Å². The molecule has 0 aromatic heterocycles. The van der Waals surface area contributed by atoms with Crippen LogP contribution in [0.4, 0.5) is 13.2 Å². The zero-order chi connectivity index (χ0) is 14.3. The normalized spacial score (nSPS) is 20.7. The van der Waals surface area contributed by atoms with E-state index in [1.807, 2.05) is 6.92 Å². The molecule has 1 rings (SSSR count). The standard InChI is InChI=1S/C12H24F3N3O/c1-3-16-11(9-19-2)8-17-4-6-18(7-5-17)10-12(13,14)15/h11,16H,3-10H2,1-2H3. The van der Waals surface area contributed by atoms with Gasteiger partial charge in [0.25, 0.3) is 0 Å². The number of ether oxygens (including phenoxy) is 1. The van der Waals surface area contributed by atoms with E-state index in [-0.39, 0.29) is 6.04 Å². The lowest BCUT2D eigenvalue weighted by atomic mass is 10.2. The van der Waals surface area contributed by atoms with Gasteiger partial charge in [-0.2, -0.15) is 13.2 Å². The molecule has 0 aliphatic carbocycles.